The number of carbonyl (C=O) groups excluding carboxylic acids is 1. The average Bonchev–Trinajstić information content (AvgIpc) is 2.96. The molecule has 7 nitrogen and oxygen atoms in total. The molecule has 2 aliphatic heterocycles. The van der Waals surface area contributed by atoms with Crippen LogP contribution in [0.25, 0.3) is 0 Å². The van der Waals surface area contributed by atoms with E-state index in [2.05, 4.69) is 33.9 Å². The van der Waals surface area contributed by atoms with Gasteiger partial charge < -0.3 is 14.5 Å². The minimum atomic E-state index is -0.0147. The summed E-state index contributed by atoms with van der Waals surface area (Å²) in [5, 5.41) is 0. The van der Waals surface area contributed by atoms with Crippen molar-refractivity contribution >= 4 is 5.91 Å². The third-order valence-corrected chi connectivity index (χ3v) is 4.76. The highest BCUT2D eigenvalue weighted by molar-refractivity contribution is 5.92. The first kappa shape index (κ1) is 17.3. The molecule has 0 spiro atoms. The molecule has 2 atom stereocenters. The van der Waals surface area contributed by atoms with Crippen molar-refractivity contribution in [2.45, 2.75) is 25.5 Å². The monoisotopic (exact) mass is 333 g/mol. The number of ether oxygens (including phenoxy) is 1. The highest BCUT2D eigenvalue weighted by Crippen LogP contribution is 2.24. The van der Waals surface area contributed by atoms with E-state index in [1.54, 1.807) is 12.4 Å². The van der Waals surface area contributed by atoms with Gasteiger partial charge in [0.1, 0.15) is 5.69 Å². The maximum atomic E-state index is 12.6. The van der Waals surface area contributed by atoms with E-state index < -0.39 is 0 Å². The van der Waals surface area contributed by atoms with Crippen LogP contribution >= 0.6 is 0 Å². The lowest BCUT2D eigenvalue weighted by Gasteiger charge is -2.37. The van der Waals surface area contributed by atoms with Crippen LogP contribution in [0.5, 0.6) is 0 Å². The highest BCUT2D eigenvalue weighted by atomic mass is 16.5. The van der Waals surface area contributed by atoms with Crippen molar-refractivity contribution in [1.82, 2.24) is 24.7 Å². The predicted octanol–water partition coefficient (Wildman–Crippen LogP) is 0.262. The summed E-state index contributed by atoms with van der Waals surface area (Å²) in [4.78, 5) is 27.5. The number of carbonyl (C=O) groups is 1. The second-order valence-electron chi connectivity index (χ2n) is 6.97. The fourth-order valence-corrected chi connectivity index (χ4v) is 3.37. The number of hydrogen-bond donors (Lipinski definition) is 0. The molecule has 2 saturated heterocycles. The number of piperazine rings is 1. The summed E-state index contributed by atoms with van der Waals surface area (Å²) in [6, 6.07) is 0.394. The van der Waals surface area contributed by atoms with Crippen LogP contribution in [0.2, 0.25) is 0 Å². The largest absolute Gasteiger partial charge is 0.375 e. The zero-order valence-electron chi connectivity index (χ0n) is 14.8. The third kappa shape index (κ3) is 4.09. The first-order chi connectivity index (χ1) is 11.5. The van der Waals surface area contributed by atoms with Crippen LogP contribution in [0, 0.1) is 6.92 Å². The van der Waals surface area contributed by atoms with Crippen LogP contribution in [-0.2, 0) is 4.74 Å². The number of likely N-dealkylation sites (N-methyl/N-ethyl adjacent to an activating group) is 1. The number of rotatable bonds is 5. The van der Waals surface area contributed by atoms with Crippen molar-refractivity contribution in [3.63, 3.8) is 0 Å². The van der Waals surface area contributed by atoms with E-state index in [-0.39, 0.29) is 12.0 Å². The van der Waals surface area contributed by atoms with Gasteiger partial charge in [-0.15, -0.1) is 0 Å². The van der Waals surface area contributed by atoms with Crippen molar-refractivity contribution < 1.29 is 9.53 Å². The Morgan fingerprint density at radius 3 is 2.83 bits per heavy atom. The average molecular weight is 333 g/mol. The van der Waals surface area contributed by atoms with E-state index in [4.69, 9.17) is 4.74 Å². The van der Waals surface area contributed by atoms with Gasteiger partial charge in [-0.25, -0.2) is 4.98 Å². The van der Waals surface area contributed by atoms with Gasteiger partial charge in [-0.2, -0.15) is 0 Å². The van der Waals surface area contributed by atoms with Gasteiger partial charge in [0, 0.05) is 45.0 Å². The zero-order valence-corrected chi connectivity index (χ0v) is 14.8. The van der Waals surface area contributed by atoms with Gasteiger partial charge in [-0.3, -0.25) is 14.7 Å². The Morgan fingerprint density at radius 2 is 2.12 bits per heavy atom. The maximum absolute atomic E-state index is 12.6. The van der Waals surface area contributed by atoms with Gasteiger partial charge in [0.05, 0.1) is 24.6 Å². The van der Waals surface area contributed by atoms with Gasteiger partial charge in [0.25, 0.3) is 5.91 Å². The Labute approximate surface area is 143 Å². The molecule has 0 radical (unpaired) electrons. The first-order valence-electron chi connectivity index (χ1n) is 8.61. The summed E-state index contributed by atoms with van der Waals surface area (Å²) in [7, 11) is 4.11. The van der Waals surface area contributed by atoms with Crippen LogP contribution in [0.15, 0.2) is 12.4 Å². The number of aryl methyl sites for hydroxylation is 1. The molecule has 0 unspecified atom stereocenters. The number of hydrogen-bond acceptors (Lipinski definition) is 6. The van der Waals surface area contributed by atoms with Crippen LogP contribution < -0.4 is 0 Å². The van der Waals surface area contributed by atoms with Crippen LogP contribution in [0.1, 0.15) is 22.6 Å². The molecule has 1 aromatic rings. The number of fused-ring (bicyclic) bond motifs is 1. The summed E-state index contributed by atoms with van der Waals surface area (Å²) in [5.74, 6) is -0.0147. The lowest BCUT2D eigenvalue weighted by Crippen LogP contribution is -2.52. The molecule has 0 aromatic carbocycles. The second kappa shape index (κ2) is 7.55. The van der Waals surface area contributed by atoms with E-state index in [1.807, 2.05) is 11.8 Å². The standard InChI is InChI=1S/C17H27N5O2/c1-13-9-19-16(10-18-13)17(23)22-5-4-21-12-15(8-14(21)11-22)24-7-6-20(2)3/h9-10,14-15H,4-8,11-12H2,1-3H3/t14-,15+/m0/s1. The summed E-state index contributed by atoms with van der Waals surface area (Å²) < 4.78 is 5.99. The van der Waals surface area contributed by atoms with Crippen molar-refractivity contribution in [3.8, 4) is 0 Å². The maximum Gasteiger partial charge on any atom is 0.274 e. The topological polar surface area (TPSA) is 61.8 Å². The van der Waals surface area contributed by atoms with Crippen molar-refractivity contribution in [3.05, 3.63) is 23.8 Å². The Kier molecular flexibility index (Phi) is 5.43. The van der Waals surface area contributed by atoms with Crippen LogP contribution in [-0.4, -0.2) is 96.1 Å². The number of nitrogens with zero attached hydrogens (tertiary/aromatic N) is 5. The van der Waals surface area contributed by atoms with Gasteiger partial charge in [-0.05, 0) is 27.4 Å². The minimum Gasteiger partial charge on any atom is -0.375 e. The van der Waals surface area contributed by atoms with Crippen molar-refractivity contribution in [1.29, 1.82) is 0 Å². The first-order valence-corrected chi connectivity index (χ1v) is 8.61. The molecule has 0 aliphatic carbocycles. The summed E-state index contributed by atoms with van der Waals surface area (Å²) in [5.41, 5.74) is 1.26. The fraction of sp³-hybridized carbons (Fsp3) is 0.706. The van der Waals surface area contributed by atoms with Gasteiger partial charge in [-0.1, -0.05) is 0 Å². The van der Waals surface area contributed by atoms with E-state index in [0.29, 0.717) is 11.7 Å². The quantitative estimate of drug-likeness (QED) is 0.770. The lowest BCUT2D eigenvalue weighted by atomic mass is 10.1. The molecule has 24 heavy (non-hydrogen) atoms. The van der Waals surface area contributed by atoms with E-state index in [1.165, 1.54) is 0 Å². The molecule has 2 aliphatic rings. The van der Waals surface area contributed by atoms with Crippen molar-refractivity contribution in [2.24, 2.45) is 0 Å². The summed E-state index contributed by atoms with van der Waals surface area (Å²) in [6.07, 6.45) is 4.50. The van der Waals surface area contributed by atoms with Crippen molar-refractivity contribution in [2.75, 3.05) is 53.4 Å². The molecular weight excluding hydrogens is 306 g/mol. The number of amides is 1. The molecule has 132 valence electrons. The fourth-order valence-electron chi connectivity index (χ4n) is 3.37. The van der Waals surface area contributed by atoms with Gasteiger partial charge in [0.15, 0.2) is 0 Å². The second-order valence-corrected chi connectivity index (χ2v) is 6.97. The molecule has 7 heteroatoms. The molecule has 0 saturated carbocycles. The lowest BCUT2D eigenvalue weighted by molar-refractivity contribution is 0.0478. The number of aromatic nitrogens is 2. The summed E-state index contributed by atoms with van der Waals surface area (Å²) in [6.45, 7) is 6.96. The molecule has 0 N–H and O–H groups in total. The van der Waals surface area contributed by atoms with Gasteiger partial charge >= 0.3 is 0 Å². The van der Waals surface area contributed by atoms with E-state index in [0.717, 1.165) is 51.4 Å². The molecule has 1 amide bonds. The summed E-state index contributed by atoms with van der Waals surface area (Å²) >= 11 is 0. The Hall–Kier alpha value is -1.57. The normalized spacial score (nSPS) is 24.4. The van der Waals surface area contributed by atoms with Crippen LogP contribution in [0.3, 0.4) is 0 Å². The Morgan fingerprint density at radius 1 is 1.29 bits per heavy atom. The van der Waals surface area contributed by atoms with E-state index >= 15 is 0 Å². The molecular formula is C17H27N5O2. The molecule has 2 fully saturated rings. The van der Waals surface area contributed by atoms with E-state index in [9.17, 15) is 4.79 Å². The third-order valence-electron chi connectivity index (χ3n) is 4.76. The molecule has 0 bridgehead atoms. The minimum absolute atomic E-state index is 0.0147. The Bertz CT molecular complexity index is 563. The molecule has 3 rings (SSSR count). The molecule has 3 heterocycles. The van der Waals surface area contributed by atoms with Crippen LogP contribution in [0.4, 0.5) is 0 Å². The SMILES string of the molecule is Cc1cnc(C(=O)N2CCN3C[C@H](OCCN(C)C)C[C@H]3C2)cn1. The zero-order chi connectivity index (χ0) is 17.1. The predicted molar refractivity (Wildman–Crippen MR) is 90.9 cm³/mol. The molecule has 1 aromatic heterocycles. The highest BCUT2D eigenvalue weighted by Gasteiger charge is 2.38. The smallest absolute Gasteiger partial charge is 0.274 e. The Balaban J connectivity index is 1.53. The van der Waals surface area contributed by atoms with Gasteiger partial charge in [0.2, 0.25) is 0 Å².